The summed E-state index contributed by atoms with van der Waals surface area (Å²) < 4.78 is 2.08. The lowest BCUT2D eigenvalue weighted by Gasteiger charge is -2.19. The number of nitrogens with one attached hydrogen (secondary N) is 2. The van der Waals surface area contributed by atoms with E-state index in [2.05, 4.69) is 99.2 Å². The molecule has 0 saturated heterocycles. The van der Waals surface area contributed by atoms with Crippen LogP contribution >= 0.6 is 35.3 Å². The summed E-state index contributed by atoms with van der Waals surface area (Å²) >= 11 is 1.73. The summed E-state index contributed by atoms with van der Waals surface area (Å²) in [7, 11) is 0. The summed E-state index contributed by atoms with van der Waals surface area (Å²) in [5.41, 5.74) is 1.23. The monoisotopic (exact) mass is 560 g/mol. The normalized spacial score (nSPS) is 12.4. The Morgan fingerprint density at radius 2 is 1.97 bits per heavy atom. The summed E-state index contributed by atoms with van der Waals surface area (Å²) in [4.78, 5) is 6.06. The molecule has 4 rings (SSSR count). The van der Waals surface area contributed by atoms with Gasteiger partial charge >= 0.3 is 0 Å². The number of aromatic nitrogens is 3. The number of benzene rings is 2. The van der Waals surface area contributed by atoms with Gasteiger partial charge in [-0.2, -0.15) is 0 Å². The predicted octanol–water partition coefficient (Wildman–Crippen LogP) is 5.17. The van der Waals surface area contributed by atoms with Crippen LogP contribution in [-0.4, -0.2) is 27.3 Å². The average molecular weight is 561 g/mol. The summed E-state index contributed by atoms with van der Waals surface area (Å²) in [5, 5.41) is 19.8. The fourth-order valence-corrected chi connectivity index (χ4v) is 4.14. The molecule has 6 nitrogen and oxygen atoms in total. The molecule has 8 heteroatoms. The van der Waals surface area contributed by atoms with Gasteiger partial charge in [0, 0.05) is 24.4 Å². The van der Waals surface area contributed by atoms with E-state index < -0.39 is 0 Å². The Kier molecular flexibility index (Phi) is 9.04. The van der Waals surface area contributed by atoms with Crippen molar-refractivity contribution in [2.45, 2.75) is 39.4 Å². The molecule has 0 aliphatic carbocycles. The number of fused-ring (bicyclic) bond motifs is 1. The topological polar surface area (TPSA) is 67.1 Å². The van der Waals surface area contributed by atoms with Crippen molar-refractivity contribution in [1.29, 1.82) is 0 Å². The van der Waals surface area contributed by atoms with Gasteiger partial charge < -0.3 is 15.2 Å². The molecule has 168 valence electrons. The van der Waals surface area contributed by atoms with Crippen LogP contribution in [0.15, 0.2) is 71.3 Å². The fraction of sp³-hybridized carbons (Fsp3) is 0.292. The molecule has 1 unspecified atom stereocenters. The fourth-order valence-electron chi connectivity index (χ4n) is 3.51. The first-order valence-corrected chi connectivity index (χ1v) is 11.5. The SMILES string of the molecule is CCc1nncn1CCNC(=NCc1cccs1)NC(C)c1ccc2ccccc2c1.I. The number of aryl methyl sites for hydroxylation is 1. The molecule has 0 fully saturated rings. The summed E-state index contributed by atoms with van der Waals surface area (Å²) in [6, 6.07) is 19.4. The molecule has 2 aromatic carbocycles. The highest BCUT2D eigenvalue weighted by Gasteiger charge is 2.10. The predicted molar refractivity (Wildman–Crippen MR) is 144 cm³/mol. The van der Waals surface area contributed by atoms with Crippen molar-refractivity contribution in [3.63, 3.8) is 0 Å². The number of halogens is 1. The zero-order valence-electron chi connectivity index (χ0n) is 18.4. The van der Waals surface area contributed by atoms with Crippen LogP contribution < -0.4 is 10.6 Å². The van der Waals surface area contributed by atoms with Crippen LogP contribution in [-0.2, 0) is 19.5 Å². The average Bonchev–Trinajstić information content (AvgIpc) is 3.48. The summed E-state index contributed by atoms with van der Waals surface area (Å²) in [6.07, 6.45) is 2.66. The number of guanidine groups is 1. The first kappa shape index (κ1) is 24.2. The van der Waals surface area contributed by atoms with Crippen LogP contribution in [0.2, 0.25) is 0 Å². The zero-order valence-corrected chi connectivity index (χ0v) is 21.5. The molecule has 0 bridgehead atoms. The maximum atomic E-state index is 4.82. The second-order valence-electron chi connectivity index (χ2n) is 7.44. The van der Waals surface area contributed by atoms with Gasteiger partial charge in [0.25, 0.3) is 0 Å². The maximum absolute atomic E-state index is 4.82. The van der Waals surface area contributed by atoms with Gasteiger partial charge in [-0.3, -0.25) is 0 Å². The van der Waals surface area contributed by atoms with Crippen molar-refractivity contribution >= 4 is 52.0 Å². The standard InChI is InChI=1S/C24H28N6S.HI/c1-3-23-29-27-17-30(23)13-12-25-24(26-16-22-9-6-14-31-22)28-18(2)20-11-10-19-7-4-5-8-21(19)15-20;/h4-11,14-15,17-18H,3,12-13,16H2,1-2H3,(H2,25,26,28);1H. The number of thiophene rings is 1. The molecular weight excluding hydrogens is 531 g/mol. The third-order valence-corrected chi connectivity index (χ3v) is 6.12. The minimum atomic E-state index is 0. The van der Waals surface area contributed by atoms with E-state index in [1.54, 1.807) is 17.7 Å². The van der Waals surface area contributed by atoms with E-state index in [0.717, 1.165) is 31.3 Å². The van der Waals surface area contributed by atoms with E-state index in [4.69, 9.17) is 4.99 Å². The van der Waals surface area contributed by atoms with Crippen LogP contribution in [0.3, 0.4) is 0 Å². The van der Waals surface area contributed by atoms with Crippen molar-refractivity contribution in [1.82, 2.24) is 25.4 Å². The molecule has 2 N–H and O–H groups in total. The van der Waals surface area contributed by atoms with Crippen LogP contribution in [0.25, 0.3) is 10.8 Å². The number of hydrogen-bond acceptors (Lipinski definition) is 4. The van der Waals surface area contributed by atoms with Crippen molar-refractivity contribution in [3.05, 3.63) is 82.6 Å². The van der Waals surface area contributed by atoms with Gasteiger partial charge in [0.2, 0.25) is 0 Å². The second-order valence-corrected chi connectivity index (χ2v) is 8.47. The van der Waals surface area contributed by atoms with E-state index in [9.17, 15) is 0 Å². The molecule has 1 atom stereocenters. The first-order valence-electron chi connectivity index (χ1n) is 10.7. The Labute approximate surface area is 210 Å². The number of rotatable bonds is 8. The Morgan fingerprint density at radius 1 is 1.12 bits per heavy atom. The number of nitrogens with zero attached hydrogens (tertiary/aromatic N) is 4. The van der Waals surface area contributed by atoms with E-state index in [-0.39, 0.29) is 30.0 Å². The highest BCUT2D eigenvalue weighted by Crippen LogP contribution is 2.20. The molecule has 0 aliphatic heterocycles. The van der Waals surface area contributed by atoms with Crippen molar-refractivity contribution in [2.75, 3.05) is 6.54 Å². The second kappa shape index (κ2) is 12.0. The molecule has 0 saturated carbocycles. The third-order valence-electron chi connectivity index (χ3n) is 5.26. The minimum Gasteiger partial charge on any atom is -0.355 e. The van der Waals surface area contributed by atoms with Gasteiger partial charge in [-0.25, -0.2) is 4.99 Å². The molecular formula is C24H29IN6S. The van der Waals surface area contributed by atoms with E-state index in [0.29, 0.717) is 6.54 Å². The van der Waals surface area contributed by atoms with Crippen molar-refractivity contribution < 1.29 is 0 Å². The largest absolute Gasteiger partial charge is 0.355 e. The minimum absolute atomic E-state index is 0. The molecule has 4 aromatic rings. The number of hydrogen-bond donors (Lipinski definition) is 2. The smallest absolute Gasteiger partial charge is 0.192 e. The Morgan fingerprint density at radius 3 is 2.75 bits per heavy atom. The molecule has 2 aromatic heterocycles. The molecule has 2 heterocycles. The quantitative estimate of drug-likeness (QED) is 0.177. The van der Waals surface area contributed by atoms with Gasteiger partial charge in [0.1, 0.15) is 12.2 Å². The molecule has 32 heavy (non-hydrogen) atoms. The van der Waals surface area contributed by atoms with Gasteiger partial charge in [-0.15, -0.1) is 45.5 Å². The lowest BCUT2D eigenvalue weighted by molar-refractivity contribution is 0.619. The lowest BCUT2D eigenvalue weighted by atomic mass is 10.0. The maximum Gasteiger partial charge on any atom is 0.192 e. The van der Waals surface area contributed by atoms with Crippen LogP contribution in [0, 0.1) is 0 Å². The Hall–Kier alpha value is -2.46. The molecule has 0 amide bonds. The number of aliphatic imine (C=N–C) groups is 1. The van der Waals surface area contributed by atoms with Crippen LogP contribution in [0.4, 0.5) is 0 Å². The van der Waals surface area contributed by atoms with Gasteiger partial charge in [0.05, 0.1) is 12.6 Å². The van der Waals surface area contributed by atoms with Crippen LogP contribution in [0.1, 0.15) is 36.2 Å². The van der Waals surface area contributed by atoms with E-state index in [1.807, 2.05) is 0 Å². The van der Waals surface area contributed by atoms with Gasteiger partial charge in [-0.05, 0) is 40.8 Å². The highest BCUT2D eigenvalue weighted by atomic mass is 127. The Balaban J connectivity index is 0.00000289. The third kappa shape index (κ3) is 6.29. The summed E-state index contributed by atoms with van der Waals surface area (Å²) in [5.74, 6) is 1.80. The highest BCUT2D eigenvalue weighted by molar-refractivity contribution is 14.0. The van der Waals surface area contributed by atoms with E-state index >= 15 is 0 Å². The zero-order chi connectivity index (χ0) is 21.5. The summed E-state index contributed by atoms with van der Waals surface area (Å²) in [6.45, 7) is 6.45. The Bertz CT molecular complexity index is 1140. The van der Waals surface area contributed by atoms with Gasteiger partial charge in [-0.1, -0.05) is 49.4 Å². The molecule has 0 spiro atoms. The first-order chi connectivity index (χ1) is 15.2. The van der Waals surface area contributed by atoms with E-state index in [1.165, 1.54) is 21.2 Å². The van der Waals surface area contributed by atoms with Crippen molar-refractivity contribution in [2.24, 2.45) is 4.99 Å². The van der Waals surface area contributed by atoms with Crippen molar-refractivity contribution in [3.8, 4) is 0 Å². The van der Waals surface area contributed by atoms with Crippen LogP contribution in [0.5, 0.6) is 0 Å². The molecule has 0 aliphatic rings. The molecule has 0 radical (unpaired) electrons. The lowest BCUT2D eigenvalue weighted by Crippen LogP contribution is -2.40. The van der Waals surface area contributed by atoms with Gasteiger partial charge in [0.15, 0.2) is 5.96 Å².